The molecule has 0 saturated carbocycles. The molecular formula is C8H15N2NaO4. The molecule has 15 heavy (non-hydrogen) atoms. The third-order valence-electron chi connectivity index (χ3n) is 1.57. The number of carbonyl (C=O) groups excluding carboxylic acids is 2. The van der Waals surface area contributed by atoms with Crippen molar-refractivity contribution in [1.82, 2.24) is 10.2 Å². The van der Waals surface area contributed by atoms with Crippen molar-refractivity contribution >= 4 is 11.9 Å². The summed E-state index contributed by atoms with van der Waals surface area (Å²) in [5.41, 5.74) is 0. The Morgan fingerprint density at radius 3 is 2.40 bits per heavy atom. The van der Waals surface area contributed by atoms with Crippen LogP contribution < -0.4 is 40.0 Å². The quantitative estimate of drug-likeness (QED) is 0.422. The van der Waals surface area contributed by atoms with E-state index in [1.54, 1.807) is 0 Å². The zero-order valence-corrected chi connectivity index (χ0v) is 11.2. The van der Waals surface area contributed by atoms with Gasteiger partial charge in [0.05, 0.1) is 12.6 Å². The fourth-order valence-corrected chi connectivity index (χ4v) is 0.984. The maximum Gasteiger partial charge on any atom is 1.00 e. The van der Waals surface area contributed by atoms with Gasteiger partial charge in [0.1, 0.15) is 0 Å². The molecule has 0 aliphatic rings. The van der Waals surface area contributed by atoms with Crippen molar-refractivity contribution in [3.63, 3.8) is 0 Å². The Kier molecular flexibility index (Phi) is 11.9. The molecule has 0 radical (unpaired) electrons. The molecule has 1 amide bonds. The molecule has 0 fully saturated rings. The summed E-state index contributed by atoms with van der Waals surface area (Å²) in [5.74, 6) is -1.36. The van der Waals surface area contributed by atoms with Gasteiger partial charge in [0.15, 0.2) is 0 Å². The van der Waals surface area contributed by atoms with Gasteiger partial charge in [-0.2, -0.15) is 0 Å². The molecular weight excluding hydrogens is 211 g/mol. The molecule has 6 nitrogen and oxygen atoms in total. The number of carboxylic acid groups (broad SMARTS) is 1. The van der Waals surface area contributed by atoms with Crippen LogP contribution in [0.5, 0.6) is 0 Å². The zero-order valence-electron chi connectivity index (χ0n) is 9.15. The van der Waals surface area contributed by atoms with Crippen molar-refractivity contribution in [3.8, 4) is 0 Å². The van der Waals surface area contributed by atoms with E-state index in [9.17, 15) is 14.7 Å². The second-order valence-electron chi connectivity index (χ2n) is 2.85. The van der Waals surface area contributed by atoms with E-state index >= 15 is 0 Å². The van der Waals surface area contributed by atoms with E-state index in [1.165, 1.54) is 11.8 Å². The second-order valence-corrected chi connectivity index (χ2v) is 2.85. The predicted molar refractivity (Wildman–Crippen MR) is 47.2 cm³/mol. The maximum atomic E-state index is 10.5. The van der Waals surface area contributed by atoms with Gasteiger partial charge in [-0.15, -0.1) is 0 Å². The summed E-state index contributed by atoms with van der Waals surface area (Å²) in [7, 11) is 0. The number of carbonyl (C=O) groups is 2. The van der Waals surface area contributed by atoms with Crippen molar-refractivity contribution in [3.05, 3.63) is 0 Å². The standard InChI is InChI=1S/C8H16N2O4.Na/c1-7(12)9-2-3-10(4-5-11)6-8(13)14;/h11H,2-6H2,1H3,(H,9,12)(H,13,14);/q;+1/p-1. The summed E-state index contributed by atoms with van der Waals surface area (Å²) >= 11 is 0. The average molecular weight is 226 g/mol. The normalized spacial score (nSPS) is 9.53. The van der Waals surface area contributed by atoms with Gasteiger partial charge < -0.3 is 20.3 Å². The van der Waals surface area contributed by atoms with E-state index in [0.29, 0.717) is 13.1 Å². The number of amides is 1. The van der Waals surface area contributed by atoms with Gasteiger partial charge in [-0.3, -0.25) is 9.69 Å². The molecule has 0 aromatic heterocycles. The molecule has 0 aliphatic heterocycles. The molecule has 0 aromatic carbocycles. The van der Waals surface area contributed by atoms with Crippen LogP contribution in [0.25, 0.3) is 0 Å². The summed E-state index contributed by atoms with van der Waals surface area (Å²) in [6.07, 6.45) is 0. The van der Waals surface area contributed by atoms with Crippen LogP contribution in [0.4, 0.5) is 0 Å². The summed E-state index contributed by atoms with van der Waals surface area (Å²) < 4.78 is 0. The Morgan fingerprint density at radius 1 is 1.40 bits per heavy atom. The average Bonchev–Trinajstić information content (AvgIpc) is 2.02. The SMILES string of the molecule is CC(=O)NCCN(CCO)CC(=O)[O-].[Na+]. The molecule has 0 saturated heterocycles. The number of aliphatic hydroxyl groups excluding tert-OH is 1. The first kappa shape index (κ1) is 17.3. The van der Waals surface area contributed by atoms with Gasteiger partial charge in [-0.1, -0.05) is 0 Å². The largest absolute Gasteiger partial charge is 1.00 e. The Balaban J connectivity index is 0. The number of carboxylic acids is 1. The van der Waals surface area contributed by atoms with Crippen LogP contribution in [-0.2, 0) is 9.59 Å². The number of rotatable bonds is 7. The number of nitrogens with zero attached hydrogens (tertiary/aromatic N) is 1. The van der Waals surface area contributed by atoms with E-state index in [1.807, 2.05) is 0 Å². The van der Waals surface area contributed by atoms with Gasteiger partial charge in [-0.25, -0.2) is 0 Å². The van der Waals surface area contributed by atoms with Crippen molar-refractivity contribution < 1.29 is 49.4 Å². The summed E-state index contributed by atoms with van der Waals surface area (Å²) in [5, 5.41) is 21.4. The fraction of sp³-hybridized carbons (Fsp3) is 0.750. The molecule has 0 rings (SSSR count). The smallest absolute Gasteiger partial charge is 0.549 e. The molecule has 0 aliphatic carbocycles. The minimum atomic E-state index is -1.19. The molecule has 0 atom stereocenters. The minimum absolute atomic E-state index is 0. The third kappa shape index (κ3) is 11.8. The molecule has 0 unspecified atom stereocenters. The first-order valence-corrected chi connectivity index (χ1v) is 4.33. The van der Waals surface area contributed by atoms with Crippen molar-refractivity contribution in [1.29, 1.82) is 0 Å². The van der Waals surface area contributed by atoms with E-state index < -0.39 is 5.97 Å². The topological polar surface area (TPSA) is 92.7 Å². The maximum absolute atomic E-state index is 10.5. The molecule has 82 valence electrons. The zero-order chi connectivity index (χ0) is 11.0. The molecule has 0 aromatic rings. The van der Waals surface area contributed by atoms with Crippen LogP contribution in [0.1, 0.15) is 6.92 Å². The summed E-state index contributed by atoms with van der Waals surface area (Å²) in [6, 6.07) is 0. The Bertz CT molecular complexity index is 201. The van der Waals surface area contributed by atoms with E-state index in [4.69, 9.17) is 5.11 Å². The number of hydrogen-bond acceptors (Lipinski definition) is 5. The van der Waals surface area contributed by atoms with Crippen molar-refractivity contribution in [2.24, 2.45) is 0 Å². The summed E-state index contributed by atoms with van der Waals surface area (Å²) in [6.45, 7) is 2.03. The van der Waals surface area contributed by atoms with Gasteiger partial charge >= 0.3 is 29.6 Å². The molecule has 0 bridgehead atoms. The molecule has 0 spiro atoms. The number of aliphatic hydroxyl groups is 1. The van der Waals surface area contributed by atoms with Gasteiger partial charge in [0.2, 0.25) is 5.91 Å². The van der Waals surface area contributed by atoms with Gasteiger partial charge in [0, 0.05) is 33.1 Å². The number of hydrogen-bond donors (Lipinski definition) is 2. The minimum Gasteiger partial charge on any atom is -0.549 e. The first-order valence-electron chi connectivity index (χ1n) is 4.33. The van der Waals surface area contributed by atoms with Crippen molar-refractivity contribution in [2.45, 2.75) is 6.92 Å². The number of nitrogens with one attached hydrogen (secondary N) is 1. The monoisotopic (exact) mass is 226 g/mol. The molecule has 0 heterocycles. The Labute approximate surface area is 111 Å². The Morgan fingerprint density at radius 2 is 2.00 bits per heavy atom. The van der Waals surface area contributed by atoms with Crippen LogP contribution in [0.3, 0.4) is 0 Å². The fourth-order valence-electron chi connectivity index (χ4n) is 0.984. The third-order valence-corrected chi connectivity index (χ3v) is 1.57. The van der Waals surface area contributed by atoms with Crippen LogP contribution in [0.2, 0.25) is 0 Å². The number of aliphatic carboxylic acids is 1. The first-order chi connectivity index (χ1) is 6.56. The van der Waals surface area contributed by atoms with Gasteiger partial charge in [-0.05, 0) is 0 Å². The van der Waals surface area contributed by atoms with Gasteiger partial charge in [0.25, 0.3) is 0 Å². The van der Waals surface area contributed by atoms with E-state index in [-0.39, 0.29) is 55.2 Å². The van der Waals surface area contributed by atoms with Crippen LogP contribution >= 0.6 is 0 Å². The predicted octanol–water partition coefficient (Wildman–Crippen LogP) is -5.83. The second kappa shape index (κ2) is 10.4. The van der Waals surface area contributed by atoms with Crippen LogP contribution in [-0.4, -0.2) is 54.7 Å². The molecule has 2 N–H and O–H groups in total. The van der Waals surface area contributed by atoms with E-state index in [2.05, 4.69) is 5.32 Å². The summed E-state index contributed by atoms with van der Waals surface area (Å²) in [4.78, 5) is 22.2. The van der Waals surface area contributed by atoms with E-state index in [0.717, 1.165) is 0 Å². The molecule has 7 heteroatoms. The Hall–Kier alpha value is -0.140. The van der Waals surface area contributed by atoms with Crippen LogP contribution in [0, 0.1) is 0 Å². The van der Waals surface area contributed by atoms with Crippen LogP contribution in [0.15, 0.2) is 0 Å². The van der Waals surface area contributed by atoms with Crippen molar-refractivity contribution in [2.75, 3.05) is 32.8 Å².